The first kappa shape index (κ1) is 20.5. The number of hydrogen-bond donors (Lipinski definition) is 0. The third-order valence-electron chi connectivity index (χ3n) is 9.85. The normalized spacial score (nSPS) is 49.5. The van der Waals surface area contributed by atoms with Gasteiger partial charge in [-0.2, -0.15) is 0 Å². The molecule has 0 aromatic heterocycles. The first-order valence-electron chi connectivity index (χ1n) is 11.8. The lowest BCUT2D eigenvalue weighted by atomic mass is 9.47. The molecule has 0 aromatic carbocycles. The maximum absolute atomic E-state index is 11.6. The van der Waals surface area contributed by atoms with Crippen LogP contribution in [0, 0.1) is 28.6 Å². The van der Waals surface area contributed by atoms with Crippen molar-refractivity contribution >= 4 is 11.9 Å². The van der Waals surface area contributed by atoms with Gasteiger partial charge in [-0.25, -0.2) is 0 Å². The van der Waals surface area contributed by atoms with E-state index in [0.29, 0.717) is 17.8 Å². The highest BCUT2D eigenvalue weighted by Crippen LogP contribution is 2.74. The van der Waals surface area contributed by atoms with Crippen LogP contribution in [0.15, 0.2) is 11.6 Å². The number of hydrogen-bond acceptors (Lipinski definition) is 5. The van der Waals surface area contributed by atoms with Gasteiger partial charge in [0.15, 0.2) is 0 Å². The van der Waals surface area contributed by atoms with Crippen molar-refractivity contribution in [2.75, 3.05) is 0 Å². The van der Waals surface area contributed by atoms with Crippen LogP contribution in [0.3, 0.4) is 0 Å². The fourth-order valence-electron chi connectivity index (χ4n) is 8.52. The van der Waals surface area contributed by atoms with E-state index in [1.54, 1.807) is 0 Å². The topological polar surface area (TPSA) is 65.1 Å². The summed E-state index contributed by atoms with van der Waals surface area (Å²) in [4.78, 5) is 23.1. The smallest absolute Gasteiger partial charge is 0.302 e. The van der Waals surface area contributed by atoms with Gasteiger partial charge in [-0.05, 0) is 68.6 Å². The molecular formula is C25H36O5. The molecule has 0 unspecified atom stereocenters. The minimum absolute atomic E-state index is 0.0487. The summed E-state index contributed by atoms with van der Waals surface area (Å²) < 4.78 is 17.5. The van der Waals surface area contributed by atoms with Gasteiger partial charge in [0, 0.05) is 25.7 Å². The molecule has 5 aliphatic rings. The standard InChI is InChI=1S/C25H36O5/c1-14(28-15(2)26)25-22(30-25)13-21-19-7-6-17-12-18(29-16(3)27)8-10-23(17,4)20(19)9-11-24(21,25)5/h6,14,18-22H,7-13H2,1-5H3/t14-,18-,19-,20+,21-,22-,23-,24-,25-/m0/s1. The molecule has 4 aliphatic carbocycles. The van der Waals surface area contributed by atoms with Gasteiger partial charge in [0.25, 0.3) is 0 Å². The van der Waals surface area contributed by atoms with Crippen LogP contribution < -0.4 is 0 Å². The zero-order valence-electron chi connectivity index (χ0n) is 19.0. The maximum Gasteiger partial charge on any atom is 0.302 e. The Bertz CT molecular complexity index is 803. The van der Waals surface area contributed by atoms with Crippen LogP contribution in [-0.2, 0) is 23.8 Å². The van der Waals surface area contributed by atoms with Crippen molar-refractivity contribution in [1.82, 2.24) is 0 Å². The first-order valence-corrected chi connectivity index (χ1v) is 11.8. The molecule has 5 heteroatoms. The monoisotopic (exact) mass is 416 g/mol. The van der Waals surface area contributed by atoms with E-state index in [1.165, 1.54) is 25.8 Å². The molecule has 0 N–H and O–H groups in total. The number of carbonyl (C=O) groups excluding carboxylic acids is 2. The van der Waals surface area contributed by atoms with E-state index in [4.69, 9.17) is 14.2 Å². The highest BCUT2D eigenvalue weighted by Gasteiger charge is 2.79. The summed E-state index contributed by atoms with van der Waals surface area (Å²) in [6, 6.07) is 0. The fourth-order valence-corrected chi connectivity index (χ4v) is 8.52. The quantitative estimate of drug-likeness (QED) is 0.383. The van der Waals surface area contributed by atoms with Crippen molar-refractivity contribution in [3.8, 4) is 0 Å². The second kappa shape index (κ2) is 6.57. The average molecular weight is 417 g/mol. The third-order valence-corrected chi connectivity index (χ3v) is 9.85. The summed E-state index contributed by atoms with van der Waals surface area (Å²) in [5.74, 6) is 1.60. The molecule has 1 saturated heterocycles. The number of epoxide rings is 1. The SMILES string of the molecule is CC(=O)O[C@H]1CC[C@@]2(C)C(=CC[C@H]3[C@H]2CC[C@@]2(C)[C@H]3C[C@@H]3O[C@@]32[C@H](C)OC(C)=O)C1. The molecule has 1 heterocycles. The molecule has 5 rings (SSSR count). The summed E-state index contributed by atoms with van der Waals surface area (Å²) in [6.07, 6.45) is 10.1. The van der Waals surface area contributed by atoms with Crippen molar-refractivity contribution in [2.45, 2.75) is 103 Å². The Morgan fingerprint density at radius 3 is 2.60 bits per heavy atom. The average Bonchev–Trinajstić information content (AvgIpc) is 3.33. The van der Waals surface area contributed by atoms with Gasteiger partial charge in [0.05, 0.1) is 6.10 Å². The van der Waals surface area contributed by atoms with Gasteiger partial charge in [0.1, 0.15) is 17.8 Å². The molecule has 4 fully saturated rings. The number of rotatable bonds is 3. The van der Waals surface area contributed by atoms with E-state index in [9.17, 15) is 9.59 Å². The molecule has 0 amide bonds. The van der Waals surface area contributed by atoms with Crippen molar-refractivity contribution in [2.24, 2.45) is 28.6 Å². The van der Waals surface area contributed by atoms with Crippen LogP contribution >= 0.6 is 0 Å². The zero-order chi connectivity index (χ0) is 21.5. The molecule has 0 radical (unpaired) electrons. The largest absolute Gasteiger partial charge is 0.462 e. The Hall–Kier alpha value is -1.36. The van der Waals surface area contributed by atoms with E-state index in [1.807, 2.05) is 6.92 Å². The molecule has 5 nitrogen and oxygen atoms in total. The molecule has 9 atom stereocenters. The molecular weight excluding hydrogens is 380 g/mol. The van der Waals surface area contributed by atoms with Crippen molar-refractivity contribution in [3.05, 3.63) is 11.6 Å². The summed E-state index contributed by atoms with van der Waals surface area (Å²) in [6.45, 7) is 9.90. The fraction of sp³-hybridized carbons (Fsp3) is 0.840. The Labute approximate surface area is 179 Å². The van der Waals surface area contributed by atoms with Crippen LogP contribution in [0.4, 0.5) is 0 Å². The molecule has 0 aromatic rings. The lowest BCUT2D eigenvalue weighted by Crippen LogP contribution is -2.55. The van der Waals surface area contributed by atoms with Gasteiger partial charge >= 0.3 is 11.9 Å². The number of ether oxygens (including phenoxy) is 3. The molecule has 3 saturated carbocycles. The Kier molecular flexibility index (Phi) is 4.50. The van der Waals surface area contributed by atoms with Crippen LogP contribution in [0.2, 0.25) is 0 Å². The summed E-state index contributed by atoms with van der Waals surface area (Å²) >= 11 is 0. The second-order valence-corrected chi connectivity index (χ2v) is 11.1. The van der Waals surface area contributed by atoms with Gasteiger partial charge in [-0.1, -0.05) is 25.5 Å². The van der Waals surface area contributed by atoms with E-state index in [-0.39, 0.29) is 46.7 Å². The lowest BCUT2D eigenvalue weighted by molar-refractivity contribution is -0.159. The van der Waals surface area contributed by atoms with E-state index in [2.05, 4.69) is 19.9 Å². The number of carbonyl (C=O) groups is 2. The first-order chi connectivity index (χ1) is 14.1. The maximum atomic E-state index is 11.6. The van der Waals surface area contributed by atoms with Gasteiger partial charge in [0.2, 0.25) is 0 Å². The minimum atomic E-state index is -0.286. The Balaban J connectivity index is 1.40. The summed E-state index contributed by atoms with van der Waals surface area (Å²) in [7, 11) is 0. The predicted molar refractivity (Wildman–Crippen MR) is 111 cm³/mol. The molecule has 0 spiro atoms. The van der Waals surface area contributed by atoms with E-state index in [0.717, 1.165) is 38.5 Å². The highest BCUT2D eigenvalue weighted by molar-refractivity contribution is 5.66. The predicted octanol–water partition coefficient (Wildman–Crippen LogP) is 4.58. The van der Waals surface area contributed by atoms with E-state index < -0.39 is 0 Å². The molecule has 166 valence electrons. The molecule has 30 heavy (non-hydrogen) atoms. The van der Waals surface area contributed by atoms with Crippen LogP contribution in [0.25, 0.3) is 0 Å². The van der Waals surface area contributed by atoms with Crippen LogP contribution in [0.5, 0.6) is 0 Å². The van der Waals surface area contributed by atoms with Gasteiger partial charge < -0.3 is 14.2 Å². The third kappa shape index (κ3) is 2.63. The Morgan fingerprint density at radius 2 is 1.90 bits per heavy atom. The van der Waals surface area contributed by atoms with Gasteiger partial charge in [-0.15, -0.1) is 0 Å². The zero-order valence-corrected chi connectivity index (χ0v) is 19.0. The van der Waals surface area contributed by atoms with Crippen molar-refractivity contribution < 1.29 is 23.8 Å². The van der Waals surface area contributed by atoms with Crippen molar-refractivity contribution in [3.63, 3.8) is 0 Å². The van der Waals surface area contributed by atoms with Gasteiger partial charge in [-0.3, -0.25) is 9.59 Å². The number of esters is 2. The number of allylic oxidation sites excluding steroid dienone is 1. The van der Waals surface area contributed by atoms with Crippen molar-refractivity contribution in [1.29, 1.82) is 0 Å². The second-order valence-electron chi connectivity index (χ2n) is 11.1. The minimum Gasteiger partial charge on any atom is -0.462 e. The number of fused-ring (bicyclic) bond motifs is 7. The van der Waals surface area contributed by atoms with Crippen LogP contribution in [0.1, 0.15) is 79.6 Å². The molecule has 1 aliphatic heterocycles. The highest BCUT2D eigenvalue weighted by atomic mass is 16.7. The summed E-state index contributed by atoms with van der Waals surface area (Å²) in [5.41, 5.74) is 1.53. The van der Waals surface area contributed by atoms with Crippen LogP contribution in [-0.4, -0.2) is 35.9 Å². The Morgan fingerprint density at radius 1 is 1.13 bits per heavy atom. The molecule has 0 bridgehead atoms. The van der Waals surface area contributed by atoms with E-state index >= 15 is 0 Å². The summed E-state index contributed by atoms with van der Waals surface area (Å²) in [5, 5.41) is 0. The lowest BCUT2D eigenvalue weighted by Gasteiger charge is -2.58.